The van der Waals surface area contributed by atoms with E-state index in [1.807, 2.05) is 0 Å². The first-order chi connectivity index (χ1) is 8.99. The molecular weight excluding hydrogens is 252 g/mol. The number of carbonyl (C=O) groups is 1. The Labute approximate surface area is 108 Å². The minimum absolute atomic E-state index is 0.0158. The lowest BCUT2D eigenvalue weighted by Crippen LogP contribution is -2.17. The number of H-pyrrole nitrogens is 1. The maximum absolute atomic E-state index is 13.4. The van der Waals surface area contributed by atoms with Crippen molar-refractivity contribution in [2.75, 3.05) is 5.32 Å². The molecule has 0 aliphatic rings. The van der Waals surface area contributed by atoms with Gasteiger partial charge >= 0.3 is 0 Å². The van der Waals surface area contributed by atoms with Gasteiger partial charge in [-0.3, -0.25) is 9.89 Å². The second kappa shape index (κ2) is 5.17. The standard InChI is InChI=1S/C13H13F2N3O/c1-7-9(8(2)18-17-7)6-12(19)16-13-10(14)4-3-5-11(13)15/h3-5H,6H2,1-2H3,(H,16,19)(H,17,18). The Morgan fingerprint density at radius 3 is 2.47 bits per heavy atom. The Bertz CT molecular complexity index is 583. The second-order valence-electron chi connectivity index (χ2n) is 4.23. The lowest BCUT2D eigenvalue weighted by molar-refractivity contribution is -0.115. The van der Waals surface area contributed by atoms with Crippen molar-refractivity contribution in [1.29, 1.82) is 0 Å². The van der Waals surface area contributed by atoms with Gasteiger partial charge in [-0.25, -0.2) is 8.78 Å². The van der Waals surface area contributed by atoms with E-state index in [1.165, 1.54) is 6.07 Å². The number of carbonyl (C=O) groups excluding carboxylic acids is 1. The third kappa shape index (κ3) is 2.78. The van der Waals surface area contributed by atoms with Crippen molar-refractivity contribution in [3.05, 3.63) is 46.8 Å². The van der Waals surface area contributed by atoms with Crippen molar-refractivity contribution in [3.8, 4) is 0 Å². The molecule has 0 spiro atoms. The van der Waals surface area contributed by atoms with Crippen molar-refractivity contribution < 1.29 is 13.6 Å². The van der Waals surface area contributed by atoms with Crippen LogP contribution in [0.25, 0.3) is 0 Å². The zero-order valence-corrected chi connectivity index (χ0v) is 10.6. The summed E-state index contributed by atoms with van der Waals surface area (Å²) in [5.41, 5.74) is 1.77. The van der Waals surface area contributed by atoms with Gasteiger partial charge in [-0.05, 0) is 26.0 Å². The summed E-state index contributed by atoms with van der Waals surface area (Å²) in [6, 6.07) is 3.42. The van der Waals surface area contributed by atoms with Crippen molar-refractivity contribution in [2.45, 2.75) is 20.3 Å². The van der Waals surface area contributed by atoms with Gasteiger partial charge in [-0.2, -0.15) is 5.10 Å². The monoisotopic (exact) mass is 265 g/mol. The highest BCUT2D eigenvalue weighted by atomic mass is 19.1. The molecule has 0 saturated heterocycles. The Morgan fingerprint density at radius 2 is 1.95 bits per heavy atom. The number of hydrogen-bond donors (Lipinski definition) is 2. The van der Waals surface area contributed by atoms with Crippen LogP contribution < -0.4 is 5.32 Å². The van der Waals surface area contributed by atoms with E-state index in [2.05, 4.69) is 15.5 Å². The molecule has 0 saturated carbocycles. The van der Waals surface area contributed by atoms with Crippen LogP contribution >= 0.6 is 0 Å². The normalized spacial score (nSPS) is 10.5. The number of hydrogen-bond acceptors (Lipinski definition) is 2. The van der Waals surface area contributed by atoms with Gasteiger partial charge in [-0.15, -0.1) is 0 Å². The molecular formula is C13H13F2N3O. The summed E-state index contributed by atoms with van der Waals surface area (Å²) in [4.78, 5) is 11.8. The molecule has 0 atom stereocenters. The van der Waals surface area contributed by atoms with E-state index in [0.717, 1.165) is 23.4 Å². The number of amides is 1. The molecule has 0 unspecified atom stereocenters. The van der Waals surface area contributed by atoms with Gasteiger partial charge in [0.2, 0.25) is 5.91 Å². The number of nitrogens with one attached hydrogen (secondary N) is 2. The predicted molar refractivity (Wildman–Crippen MR) is 66.8 cm³/mol. The fourth-order valence-electron chi connectivity index (χ4n) is 1.80. The summed E-state index contributed by atoms with van der Waals surface area (Å²) in [6.45, 7) is 3.54. The highest BCUT2D eigenvalue weighted by Gasteiger charge is 2.15. The van der Waals surface area contributed by atoms with Crippen molar-refractivity contribution in [3.63, 3.8) is 0 Å². The molecule has 0 aliphatic carbocycles. The molecule has 1 aromatic carbocycles. The van der Waals surface area contributed by atoms with Gasteiger partial charge < -0.3 is 5.32 Å². The number of para-hydroxylation sites is 1. The van der Waals surface area contributed by atoms with Crippen LogP contribution in [-0.4, -0.2) is 16.1 Å². The molecule has 1 aromatic heterocycles. The smallest absolute Gasteiger partial charge is 0.229 e. The maximum atomic E-state index is 13.4. The van der Waals surface area contributed by atoms with Gasteiger partial charge in [0.25, 0.3) is 0 Å². The lowest BCUT2D eigenvalue weighted by Gasteiger charge is -2.07. The molecule has 19 heavy (non-hydrogen) atoms. The first kappa shape index (κ1) is 13.2. The second-order valence-corrected chi connectivity index (χ2v) is 4.23. The zero-order valence-electron chi connectivity index (χ0n) is 10.6. The van der Waals surface area contributed by atoms with Crippen molar-refractivity contribution >= 4 is 11.6 Å². The van der Waals surface area contributed by atoms with Crippen LogP contribution in [0.2, 0.25) is 0 Å². The van der Waals surface area contributed by atoms with Crippen LogP contribution in [0.4, 0.5) is 14.5 Å². The minimum Gasteiger partial charge on any atom is -0.321 e. The molecule has 0 aliphatic heterocycles. The zero-order chi connectivity index (χ0) is 14.0. The van der Waals surface area contributed by atoms with E-state index >= 15 is 0 Å². The predicted octanol–water partition coefficient (Wildman–Crippen LogP) is 2.49. The molecule has 0 bridgehead atoms. The molecule has 2 rings (SSSR count). The highest BCUT2D eigenvalue weighted by molar-refractivity contribution is 5.92. The van der Waals surface area contributed by atoms with E-state index in [1.54, 1.807) is 13.8 Å². The summed E-state index contributed by atoms with van der Waals surface area (Å²) in [5.74, 6) is -2.08. The van der Waals surface area contributed by atoms with Gasteiger partial charge in [0.05, 0.1) is 12.1 Å². The molecule has 4 nitrogen and oxygen atoms in total. The van der Waals surface area contributed by atoms with E-state index < -0.39 is 23.2 Å². The molecule has 2 aromatic rings. The number of anilines is 1. The molecule has 0 fully saturated rings. The topological polar surface area (TPSA) is 57.8 Å². The van der Waals surface area contributed by atoms with Gasteiger partial charge in [0.1, 0.15) is 17.3 Å². The molecule has 1 heterocycles. The summed E-state index contributed by atoms with van der Waals surface area (Å²) < 4.78 is 26.7. The average molecular weight is 265 g/mol. The van der Waals surface area contributed by atoms with Gasteiger partial charge in [0.15, 0.2) is 0 Å². The van der Waals surface area contributed by atoms with E-state index in [9.17, 15) is 13.6 Å². The first-order valence-corrected chi connectivity index (χ1v) is 5.73. The molecule has 0 radical (unpaired) electrons. The number of aryl methyl sites for hydroxylation is 2. The third-order valence-corrected chi connectivity index (χ3v) is 2.85. The Morgan fingerprint density at radius 1 is 1.32 bits per heavy atom. The molecule has 1 amide bonds. The number of rotatable bonds is 3. The average Bonchev–Trinajstić information content (AvgIpc) is 2.66. The number of nitrogens with zero attached hydrogens (tertiary/aromatic N) is 1. The fraction of sp³-hybridized carbons (Fsp3) is 0.231. The molecule has 2 N–H and O–H groups in total. The Hall–Kier alpha value is -2.24. The van der Waals surface area contributed by atoms with Crippen LogP contribution in [0.5, 0.6) is 0 Å². The van der Waals surface area contributed by atoms with Crippen LogP contribution in [0.15, 0.2) is 18.2 Å². The largest absolute Gasteiger partial charge is 0.321 e. The van der Waals surface area contributed by atoms with E-state index in [-0.39, 0.29) is 6.42 Å². The van der Waals surface area contributed by atoms with Crippen LogP contribution in [-0.2, 0) is 11.2 Å². The number of halogens is 2. The summed E-state index contributed by atoms with van der Waals surface area (Å²) in [5, 5.41) is 8.95. The lowest BCUT2D eigenvalue weighted by atomic mass is 10.1. The Balaban J connectivity index is 2.14. The molecule has 6 heteroatoms. The number of aromatic nitrogens is 2. The van der Waals surface area contributed by atoms with Gasteiger partial charge in [-0.1, -0.05) is 6.07 Å². The number of aromatic amines is 1. The summed E-state index contributed by atoms with van der Waals surface area (Å²) in [7, 11) is 0. The van der Waals surface area contributed by atoms with Crippen LogP contribution in [0.1, 0.15) is 17.0 Å². The number of benzene rings is 1. The maximum Gasteiger partial charge on any atom is 0.229 e. The minimum atomic E-state index is -0.797. The van der Waals surface area contributed by atoms with E-state index in [0.29, 0.717) is 5.69 Å². The molecule has 100 valence electrons. The fourth-order valence-corrected chi connectivity index (χ4v) is 1.80. The van der Waals surface area contributed by atoms with Crippen LogP contribution in [0.3, 0.4) is 0 Å². The van der Waals surface area contributed by atoms with Crippen molar-refractivity contribution in [1.82, 2.24) is 10.2 Å². The Kier molecular flexibility index (Phi) is 3.59. The summed E-state index contributed by atoms with van der Waals surface area (Å²) in [6.07, 6.45) is 0.0158. The summed E-state index contributed by atoms with van der Waals surface area (Å²) >= 11 is 0. The third-order valence-electron chi connectivity index (χ3n) is 2.85. The highest BCUT2D eigenvalue weighted by Crippen LogP contribution is 2.19. The van der Waals surface area contributed by atoms with E-state index in [4.69, 9.17) is 0 Å². The quantitative estimate of drug-likeness (QED) is 0.895. The van der Waals surface area contributed by atoms with Crippen LogP contribution in [0, 0.1) is 25.5 Å². The first-order valence-electron chi connectivity index (χ1n) is 5.73. The van der Waals surface area contributed by atoms with Crippen molar-refractivity contribution in [2.24, 2.45) is 0 Å². The van der Waals surface area contributed by atoms with Gasteiger partial charge in [0, 0.05) is 11.3 Å². The SMILES string of the molecule is Cc1n[nH]c(C)c1CC(=O)Nc1c(F)cccc1F.